The molecule has 0 atom stereocenters. The first-order chi connectivity index (χ1) is 9.70. The van der Waals surface area contributed by atoms with E-state index in [1.54, 1.807) is 12.1 Å². The second-order valence-corrected chi connectivity index (χ2v) is 7.65. The Morgan fingerprint density at radius 1 is 1.24 bits per heavy atom. The van der Waals surface area contributed by atoms with Crippen LogP contribution in [0, 0.1) is 13.8 Å². The number of hydrogen-bond donors (Lipinski definition) is 1. The van der Waals surface area contributed by atoms with E-state index in [1.165, 1.54) is 23.7 Å². The lowest BCUT2D eigenvalue weighted by Gasteiger charge is -2.10. The molecule has 0 radical (unpaired) electrons. The van der Waals surface area contributed by atoms with E-state index in [4.69, 9.17) is 11.6 Å². The van der Waals surface area contributed by atoms with Crippen molar-refractivity contribution < 1.29 is 8.42 Å². The number of hydrogen-bond acceptors (Lipinski definition) is 3. The maximum Gasteiger partial charge on any atom is 0.175 e. The molecule has 4 nitrogen and oxygen atoms in total. The SMILES string of the molecule is Cc1cc(CNc2cc(S(C)(=O)=O)ccc2Cl)c(C)n1C. The van der Waals surface area contributed by atoms with Crippen LogP contribution in [0.1, 0.15) is 17.0 Å². The van der Waals surface area contributed by atoms with Crippen molar-refractivity contribution in [2.24, 2.45) is 7.05 Å². The van der Waals surface area contributed by atoms with Crippen molar-refractivity contribution in [3.63, 3.8) is 0 Å². The van der Waals surface area contributed by atoms with Crippen molar-refractivity contribution in [1.29, 1.82) is 0 Å². The molecule has 0 saturated carbocycles. The molecule has 21 heavy (non-hydrogen) atoms. The van der Waals surface area contributed by atoms with Crippen molar-refractivity contribution in [3.8, 4) is 0 Å². The van der Waals surface area contributed by atoms with Gasteiger partial charge in [0.2, 0.25) is 0 Å². The molecule has 0 aliphatic heterocycles. The molecule has 1 aromatic carbocycles. The van der Waals surface area contributed by atoms with Gasteiger partial charge in [-0.25, -0.2) is 8.42 Å². The van der Waals surface area contributed by atoms with E-state index in [9.17, 15) is 8.42 Å². The van der Waals surface area contributed by atoms with E-state index >= 15 is 0 Å². The summed E-state index contributed by atoms with van der Waals surface area (Å²) >= 11 is 6.13. The van der Waals surface area contributed by atoms with Crippen molar-refractivity contribution in [2.75, 3.05) is 11.6 Å². The number of aryl methyl sites for hydroxylation is 1. The van der Waals surface area contributed by atoms with Gasteiger partial charge in [-0.1, -0.05) is 11.6 Å². The number of nitrogens with one attached hydrogen (secondary N) is 1. The van der Waals surface area contributed by atoms with Crippen LogP contribution in [0.25, 0.3) is 0 Å². The molecule has 1 N–H and O–H groups in total. The lowest BCUT2D eigenvalue weighted by Crippen LogP contribution is -2.04. The zero-order valence-electron chi connectivity index (χ0n) is 12.6. The van der Waals surface area contributed by atoms with Gasteiger partial charge in [-0.3, -0.25) is 0 Å². The Hall–Kier alpha value is -1.46. The van der Waals surface area contributed by atoms with Gasteiger partial charge in [0.25, 0.3) is 0 Å². The summed E-state index contributed by atoms with van der Waals surface area (Å²) in [6, 6.07) is 6.80. The molecule has 0 aliphatic rings. The first-order valence-electron chi connectivity index (χ1n) is 6.55. The van der Waals surface area contributed by atoms with Gasteiger partial charge in [0.05, 0.1) is 15.6 Å². The number of sulfone groups is 1. The fourth-order valence-corrected chi connectivity index (χ4v) is 3.00. The average Bonchev–Trinajstić information content (AvgIpc) is 2.64. The molecule has 0 spiro atoms. The second-order valence-electron chi connectivity index (χ2n) is 5.22. The minimum atomic E-state index is -3.24. The summed E-state index contributed by atoms with van der Waals surface area (Å²) in [5.41, 5.74) is 4.15. The van der Waals surface area contributed by atoms with E-state index < -0.39 is 9.84 Å². The van der Waals surface area contributed by atoms with Crippen molar-refractivity contribution in [3.05, 3.63) is 46.2 Å². The maximum atomic E-state index is 11.6. The van der Waals surface area contributed by atoms with E-state index in [0.29, 0.717) is 17.3 Å². The Bertz CT molecular complexity index is 779. The van der Waals surface area contributed by atoms with Crippen molar-refractivity contribution >= 4 is 27.1 Å². The third-order valence-electron chi connectivity index (χ3n) is 3.72. The summed E-state index contributed by atoms with van der Waals surface area (Å²) in [5.74, 6) is 0. The zero-order chi connectivity index (χ0) is 15.8. The number of benzene rings is 1. The fourth-order valence-electron chi connectivity index (χ4n) is 2.17. The molecule has 1 heterocycles. The predicted octanol–water partition coefficient (Wildman–Crippen LogP) is 3.31. The van der Waals surface area contributed by atoms with Crippen LogP contribution in [0.3, 0.4) is 0 Å². The van der Waals surface area contributed by atoms with Crippen molar-refractivity contribution in [2.45, 2.75) is 25.3 Å². The number of aromatic nitrogens is 1. The highest BCUT2D eigenvalue weighted by Gasteiger charge is 2.11. The van der Waals surface area contributed by atoms with Crippen LogP contribution in [0.4, 0.5) is 5.69 Å². The third kappa shape index (κ3) is 3.41. The molecule has 1 aromatic heterocycles. The van der Waals surface area contributed by atoms with Crippen LogP contribution < -0.4 is 5.32 Å². The molecule has 0 fully saturated rings. The molecular formula is C15H19ClN2O2S. The number of halogens is 1. The average molecular weight is 327 g/mol. The Labute approximate surface area is 130 Å². The largest absolute Gasteiger partial charge is 0.380 e. The van der Waals surface area contributed by atoms with Gasteiger partial charge in [-0.15, -0.1) is 0 Å². The molecule has 0 saturated heterocycles. The maximum absolute atomic E-state index is 11.6. The van der Waals surface area contributed by atoms with Crippen molar-refractivity contribution in [1.82, 2.24) is 4.57 Å². The minimum Gasteiger partial charge on any atom is -0.380 e. The summed E-state index contributed by atoms with van der Waals surface area (Å²) in [5, 5.41) is 3.72. The lowest BCUT2D eigenvalue weighted by molar-refractivity contribution is 0.602. The van der Waals surface area contributed by atoms with Gasteiger partial charge in [-0.2, -0.15) is 0 Å². The van der Waals surface area contributed by atoms with Gasteiger partial charge in [-0.05, 0) is 43.7 Å². The smallest absolute Gasteiger partial charge is 0.175 e. The van der Waals surface area contributed by atoms with Gasteiger partial charge in [0, 0.05) is 31.2 Å². The van der Waals surface area contributed by atoms with Crippen LogP contribution in [0.5, 0.6) is 0 Å². The molecule has 2 rings (SSSR count). The molecular weight excluding hydrogens is 308 g/mol. The van der Waals surface area contributed by atoms with Crippen LogP contribution >= 0.6 is 11.6 Å². The van der Waals surface area contributed by atoms with E-state index in [-0.39, 0.29) is 4.90 Å². The molecule has 0 aliphatic carbocycles. The third-order valence-corrected chi connectivity index (χ3v) is 5.16. The molecule has 0 bridgehead atoms. The van der Waals surface area contributed by atoms with Gasteiger partial charge < -0.3 is 9.88 Å². The molecule has 0 amide bonds. The highest BCUT2D eigenvalue weighted by atomic mass is 35.5. The summed E-state index contributed by atoms with van der Waals surface area (Å²) in [6.45, 7) is 4.70. The standard InChI is InChI=1S/C15H19ClN2O2S/c1-10-7-12(11(2)18(10)3)9-17-15-8-13(21(4,19)20)5-6-14(15)16/h5-8,17H,9H2,1-4H3. The first kappa shape index (κ1) is 15.9. The monoisotopic (exact) mass is 326 g/mol. The highest BCUT2D eigenvalue weighted by molar-refractivity contribution is 7.90. The second kappa shape index (κ2) is 5.73. The Morgan fingerprint density at radius 2 is 1.90 bits per heavy atom. The molecule has 2 aromatic rings. The van der Waals surface area contributed by atoms with E-state index in [0.717, 1.165) is 5.56 Å². The normalized spacial score (nSPS) is 11.7. The van der Waals surface area contributed by atoms with E-state index in [2.05, 4.69) is 22.9 Å². The molecule has 6 heteroatoms. The topological polar surface area (TPSA) is 51.1 Å². The first-order valence-corrected chi connectivity index (χ1v) is 8.82. The Morgan fingerprint density at radius 3 is 2.43 bits per heavy atom. The van der Waals surface area contributed by atoms with E-state index in [1.807, 2.05) is 14.0 Å². The zero-order valence-corrected chi connectivity index (χ0v) is 14.1. The number of anilines is 1. The Kier molecular flexibility index (Phi) is 4.35. The Balaban J connectivity index is 2.26. The molecule has 0 unspecified atom stereocenters. The highest BCUT2D eigenvalue weighted by Crippen LogP contribution is 2.26. The van der Waals surface area contributed by atoms with Gasteiger partial charge >= 0.3 is 0 Å². The van der Waals surface area contributed by atoms with Crippen LogP contribution in [0.2, 0.25) is 5.02 Å². The summed E-state index contributed by atoms with van der Waals surface area (Å²) in [6.07, 6.45) is 1.19. The number of nitrogens with zero attached hydrogens (tertiary/aromatic N) is 1. The van der Waals surface area contributed by atoms with Gasteiger partial charge in [0.15, 0.2) is 9.84 Å². The van der Waals surface area contributed by atoms with Crippen LogP contribution in [-0.4, -0.2) is 19.2 Å². The quantitative estimate of drug-likeness (QED) is 0.937. The number of rotatable bonds is 4. The minimum absolute atomic E-state index is 0.260. The summed E-state index contributed by atoms with van der Waals surface area (Å²) in [4.78, 5) is 0.260. The predicted molar refractivity (Wildman–Crippen MR) is 86.8 cm³/mol. The summed E-state index contributed by atoms with van der Waals surface area (Å²) in [7, 11) is -1.22. The summed E-state index contributed by atoms with van der Waals surface area (Å²) < 4.78 is 25.3. The fraction of sp³-hybridized carbons (Fsp3) is 0.333. The van der Waals surface area contributed by atoms with Gasteiger partial charge in [0.1, 0.15) is 0 Å². The van der Waals surface area contributed by atoms with Crippen LogP contribution in [0.15, 0.2) is 29.2 Å². The lowest BCUT2D eigenvalue weighted by atomic mass is 10.2. The van der Waals surface area contributed by atoms with Crippen LogP contribution in [-0.2, 0) is 23.4 Å². The molecule has 114 valence electrons.